The van der Waals surface area contributed by atoms with Crippen LogP contribution in [0.5, 0.6) is 0 Å². The van der Waals surface area contributed by atoms with Crippen LogP contribution in [0.3, 0.4) is 0 Å². The minimum atomic E-state index is -0.507. The summed E-state index contributed by atoms with van der Waals surface area (Å²) in [5.74, 6) is 0.473. The molecule has 0 bridgehead atoms. The van der Waals surface area contributed by atoms with E-state index in [4.69, 9.17) is 16.3 Å². The molecule has 0 saturated carbocycles. The molecule has 0 fully saturated rings. The molecule has 1 unspecified atom stereocenters. The van der Waals surface area contributed by atoms with Gasteiger partial charge in [-0.05, 0) is 26.8 Å². The van der Waals surface area contributed by atoms with E-state index in [1.807, 2.05) is 26.8 Å². The first-order valence-electron chi connectivity index (χ1n) is 5.68. The molecule has 1 aromatic heterocycles. The molecule has 6 heteroatoms. The van der Waals surface area contributed by atoms with Gasteiger partial charge in [-0.25, -0.2) is 4.99 Å². The van der Waals surface area contributed by atoms with Crippen molar-refractivity contribution in [2.24, 2.45) is 10.4 Å². The van der Waals surface area contributed by atoms with Gasteiger partial charge >= 0.3 is 5.97 Å². The molecular weight excluding hydrogens is 254 g/mol. The summed E-state index contributed by atoms with van der Waals surface area (Å²) < 4.78 is 6.99. The largest absolute Gasteiger partial charge is 0.443 e. The van der Waals surface area contributed by atoms with Crippen molar-refractivity contribution in [2.75, 3.05) is 0 Å². The minimum Gasteiger partial charge on any atom is -0.443 e. The quantitative estimate of drug-likeness (QED) is 0.510. The normalized spacial score (nSPS) is 18.1. The van der Waals surface area contributed by atoms with Gasteiger partial charge in [-0.3, -0.25) is 9.36 Å². The molecule has 1 aromatic rings. The monoisotopic (exact) mass is 269 g/mol. The number of carbonyl (C=O) groups is 1. The van der Waals surface area contributed by atoms with Crippen LogP contribution in [-0.4, -0.2) is 16.9 Å². The molecule has 2 rings (SSSR count). The van der Waals surface area contributed by atoms with Gasteiger partial charge in [0.1, 0.15) is 11.3 Å². The third-order valence-corrected chi connectivity index (χ3v) is 2.95. The number of halogens is 1. The van der Waals surface area contributed by atoms with Crippen molar-refractivity contribution in [3.63, 3.8) is 0 Å². The van der Waals surface area contributed by atoms with Crippen LogP contribution in [0.2, 0.25) is 0 Å². The van der Waals surface area contributed by atoms with E-state index >= 15 is 0 Å². The van der Waals surface area contributed by atoms with Crippen molar-refractivity contribution in [3.05, 3.63) is 17.8 Å². The highest BCUT2D eigenvalue weighted by Crippen LogP contribution is 2.31. The zero-order chi connectivity index (χ0) is 13.3. The van der Waals surface area contributed by atoms with Crippen LogP contribution in [0.4, 0.5) is 5.82 Å². The lowest BCUT2D eigenvalue weighted by Crippen LogP contribution is -2.24. The third-order valence-electron chi connectivity index (χ3n) is 2.59. The molecule has 1 aliphatic heterocycles. The zero-order valence-corrected chi connectivity index (χ0v) is 11.4. The van der Waals surface area contributed by atoms with Crippen molar-refractivity contribution in [3.8, 4) is 0 Å². The van der Waals surface area contributed by atoms with Crippen molar-refractivity contribution >= 4 is 29.7 Å². The SMILES string of the molecule is CC(C)(C)C(=O)OCn1ccc2c1N=CNC2Cl. The maximum absolute atomic E-state index is 11.7. The Kier molecular flexibility index (Phi) is 3.34. The highest BCUT2D eigenvalue weighted by molar-refractivity contribution is 6.21. The standard InChI is InChI=1S/C12H16ClN3O2/c1-12(2,3)11(17)18-7-16-5-4-8-9(13)14-6-15-10(8)16/h4-6,9H,7H2,1-3H3,(H,14,15). The molecule has 1 atom stereocenters. The average Bonchev–Trinajstić information content (AvgIpc) is 2.69. The number of aliphatic imine (C=N–C) groups is 1. The van der Waals surface area contributed by atoms with Gasteiger partial charge in [0.05, 0.1) is 11.8 Å². The van der Waals surface area contributed by atoms with E-state index in [9.17, 15) is 4.79 Å². The Balaban J connectivity index is 2.09. The highest BCUT2D eigenvalue weighted by atomic mass is 35.5. The van der Waals surface area contributed by atoms with E-state index in [2.05, 4.69) is 10.3 Å². The molecule has 2 heterocycles. The van der Waals surface area contributed by atoms with Crippen LogP contribution in [-0.2, 0) is 16.3 Å². The lowest BCUT2D eigenvalue weighted by Gasteiger charge is -2.18. The molecule has 0 aliphatic carbocycles. The molecule has 5 nitrogen and oxygen atoms in total. The smallest absolute Gasteiger partial charge is 0.312 e. The Morgan fingerprint density at radius 1 is 1.61 bits per heavy atom. The molecule has 1 aliphatic rings. The molecule has 0 aromatic carbocycles. The van der Waals surface area contributed by atoms with Gasteiger partial charge in [0.25, 0.3) is 0 Å². The molecule has 0 saturated heterocycles. The number of rotatable bonds is 2. The fourth-order valence-electron chi connectivity index (χ4n) is 1.53. The summed E-state index contributed by atoms with van der Waals surface area (Å²) in [4.78, 5) is 15.9. The highest BCUT2D eigenvalue weighted by Gasteiger charge is 2.24. The summed E-state index contributed by atoms with van der Waals surface area (Å²) in [5.41, 5.74) is 0.0793. The number of esters is 1. The van der Waals surface area contributed by atoms with Crippen molar-refractivity contribution in [1.29, 1.82) is 0 Å². The Labute approximate surface area is 111 Å². The summed E-state index contributed by atoms with van der Waals surface area (Å²) in [6.45, 7) is 5.60. The third kappa shape index (κ3) is 2.51. The lowest BCUT2D eigenvalue weighted by atomic mass is 9.98. The van der Waals surface area contributed by atoms with Gasteiger partial charge in [0.2, 0.25) is 0 Å². The topological polar surface area (TPSA) is 55.6 Å². The van der Waals surface area contributed by atoms with Gasteiger partial charge in [-0.1, -0.05) is 11.6 Å². The van der Waals surface area contributed by atoms with Gasteiger partial charge in [-0.15, -0.1) is 0 Å². The number of ether oxygens (including phenoxy) is 1. The predicted molar refractivity (Wildman–Crippen MR) is 69.9 cm³/mol. The molecule has 0 spiro atoms. The molecular formula is C12H16ClN3O2. The second-order valence-electron chi connectivity index (χ2n) is 5.16. The van der Waals surface area contributed by atoms with Crippen LogP contribution in [0.25, 0.3) is 0 Å². The van der Waals surface area contributed by atoms with Gasteiger partial charge in [-0.2, -0.15) is 0 Å². The molecule has 1 N–H and O–H groups in total. The van der Waals surface area contributed by atoms with E-state index in [1.165, 1.54) is 0 Å². The average molecular weight is 270 g/mol. The summed E-state index contributed by atoms with van der Waals surface area (Å²) in [6, 6.07) is 1.86. The maximum Gasteiger partial charge on any atom is 0.312 e. The number of nitrogens with one attached hydrogen (secondary N) is 1. The van der Waals surface area contributed by atoms with Crippen LogP contribution in [0.15, 0.2) is 17.3 Å². The maximum atomic E-state index is 11.7. The van der Waals surface area contributed by atoms with E-state index in [0.29, 0.717) is 0 Å². The first-order chi connectivity index (χ1) is 8.39. The first-order valence-corrected chi connectivity index (χ1v) is 6.12. The van der Waals surface area contributed by atoms with Gasteiger partial charge < -0.3 is 10.1 Å². The number of alkyl halides is 1. The van der Waals surface area contributed by atoms with E-state index in [1.54, 1.807) is 17.1 Å². The van der Waals surface area contributed by atoms with E-state index < -0.39 is 5.41 Å². The Morgan fingerprint density at radius 3 is 3.00 bits per heavy atom. The van der Waals surface area contributed by atoms with Crippen molar-refractivity contribution in [2.45, 2.75) is 33.0 Å². The van der Waals surface area contributed by atoms with Gasteiger partial charge in [0.15, 0.2) is 6.73 Å². The summed E-state index contributed by atoms with van der Waals surface area (Å²) >= 11 is 6.07. The predicted octanol–water partition coefficient (Wildman–Crippen LogP) is 2.54. The number of nitrogens with zero attached hydrogens (tertiary/aromatic N) is 2. The van der Waals surface area contributed by atoms with Gasteiger partial charge in [0, 0.05) is 11.8 Å². The Hall–Kier alpha value is -1.49. The van der Waals surface area contributed by atoms with E-state index in [0.717, 1.165) is 11.4 Å². The molecule has 98 valence electrons. The number of fused-ring (bicyclic) bond motifs is 1. The molecule has 18 heavy (non-hydrogen) atoms. The van der Waals surface area contributed by atoms with E-state index in [-0.39, 0.29) is 18.2 Å². The van der Waals surface area contributed by atoms with Crippen LogP contribution < -0.4 is 5.32 Å². The summed E-state index contributed by atoms with van der Waals surface area (Å²) in [5, 5.41) is 2.89. The lowest BCUT2D eigenvalue weighted by molar-refractivity contribution is -0.156. The fraction of sp³-hybridized carbons (Fsp3) is 0.500. The van der Waals surface area contributed by atoms with Crippen LogP contribution in [0.1, 0.15) is 31.8 Å². The fourth-order valence-corrected chi connectivity index (χ4v) is 1.76. The van der Waals surface area contributed by atoms with Crippen LogP contribution >= 0.6 is 11.6 Å². The molecule has 0 amide bonds. The zero-order valence-electron chi connectivity index (χ0n) is 10.6. The van der Waals surface area contributed by atoms with Crippen molar-refractivity contribution < 1.29 is 9.53 Å². The summed E-state index contributed by atoms with van der Waals surface area (Å²) in [7, 11) is 0. The number of carbonyl (C=O) groups excluding carboxylic acids is 1. The van der Waals surface area contributed by atoms with Crippen molar-refractivity contribution in [1.82, 2.24) is 9.88 Å². The second kappa shape index (κ2) is 4.65. The minimum absolute atomic E-state index is 0.145. The Bertz CT molecular complexity index is 488. The molecule has 0 radical (unpaired) electrons. The summed E-state index contributed by atoms with van der Waals surface area (Å²) in [6.07, 6.45) is 3.35. The van der Waals surface area contributed by atoms with Crippen LogP contribution in [0, 0.1) is 5.41 Å². The second-order valence-corrected chi connectivity index (χ2v) is 5.60. The first kappa shape index (κ1) is 13.0. The number of hydrogen-bond donors (Lipinski definition) is 1. The number of aromatic nitrogens is 1. The Morgan fingerprint density at radius 2 is 2.33 bits per heavy atom. The number of hydrogen-bond acceptors (Lipinski definition) is 4.